The molecule has 1 heterocycles. The summed E-state index contributed by atoms with van der Waals surface area (Å²) in [4.78, 5) is 0.339. The van der Waals surface area contributed by atoms with E-state index in [-0.39, 0.29) is 9.79 Å². The highest BCUT2D eigenvalue weighted by atomic mass is 32.2. The predicted molar refractivity (Wildman–Crippen MR) is 129 cm³/mol. The van der Waals surface area contributed by atoms with Gasteiger partial charge in [-0.2, -0.15) is 0 Å². The average Bonchev–Trinajstić information content (AvgIpc) is 2.78. The minimum Gasteiger partial charge on any atom is -0.497 e. The molecule has 0 aliphatic carbocycles. The summed E-state index contributed by atoms with van der Waals surface area (Å²) in [5.41, 5.74) is 3.26. The van der Waals surface area contributed by atoms with Crippen molar-refractivity contribution in [3.8, 4) is 5.75 Å². The lowest BCUT2D eigenvalue weighted by Crippen LogP contribution is -2.35. The summed E-state index contributed by atoms with van der Waals surface area (Å²) in [5.74, 6) is 0.566. The van der Waals surface area contributed by atoms with Gasteiger partial charge in [-0.25, -0.2) is 16.8 Å². The van der Waals surface area contributed by atoms with Gasteiger partial charge in [-0.15, -0.1) is 0 Å². The van der Waals surface area contributed by atoms with E-state index in [1.165, 1.54) is 23.5 Å². The Balaban J connectivity index is 1.70. The van der Waals surface area contributed by atoms with Crippen LogP contribution in [0.4, 0.5) is 11.4 Å². The molecule has 0 spiro atoms. The van der Waals surface area contributed by atoms with Gasteiger partial charge >= 0.3 is 0 Å². The summed E-state index contributed by atoms with van der Waals surface area (Å²) in [7, 11) is -6.14. The highest BCUT2D eigenvalue weighted by Crippen LogP contribution is 2.35. The van der Waals surface area contributed by atoms with Crippen molar-refractivity contribution in [1.82, 2.24) is 0 Å². The first kappa shape index (κ1) is 23.1. The van der Waals surface area contributed by atoms with Crippen LogP contribution in [-0.2, 0) is 26.5 Å². The first-order valence-electron chi connectivity index (χ1n) is 10.5. The molecule has 0 unspecified atom stereocenters. The molecule has 0 atom stereocenters. The summed E-state index contributed by atoms with van der Waals surface area (Å²) in [6.07, 6.45) is 1.39. The number of benzene rings is 3. The molecule has 174 valence electrons. The van der Waals surface area contributed by atoms with E-state index in [0.29, 0.717) is 42.1 Å². The standard InChI is InChI=1S/C24H26N2O5S2/c1-17-6-13-24(18(2)15-17)32(27,28)25-20-8-7-19-5-4-14-26(23(19)16-20)33(29,30)22-11-9-21(31-3)10-12-22/h6-13,15-16,25H,4-5,14H2,1-3H3. The molecule has 7 nitrogen and oxygen atoms in total. The van der Waals surface area contributed by atoms with Crippen molar-refractivity contribution >= 4 is 31.4 Å². The molecule has 0 fully saturated rings. The van der Waals surface area contributed by atoms with Gasteiger partial charge in [-0.05, 0) is 80.3 Å². The third-order valence-corrected chi connectivity index (χ3v) is 9.05. The van der Waals surface area contributed by atoms with Gasteiger partial charge in [-0.3, -0.25) is 9.03 Å². The third-order valence-electron chi connectivity index (χ3n) is 5.68. The van der Waals surface area contributed by atoms with Crippen LogP contribution in [0.25, 0.3) is 0 Å². The first-order valence-corrected chi connectivity index (χ1v) is 13.4. The molecule has 0 radical (unpaired) electrons. The van der Waals surface area contributed by atoms with Crippen LogP contribution in [0.5, 0.6) is 5.75 Å². The predicted octanol–water partition coefficient (Wildman–Crippen LogP) is 4.25. The summed E-state index contributed by atoms with van der Waals surface area (Å²) in [5, 5.41) is 0. The first-order chi connectivity index (χ1) is 15.6. The topological polar surface area (TPSA) is 92.8 Å². The maximum atomic E-state index is 13.4. The number of rotatable bonds is 6. The van der Waals surface area contributed by atoms with Gasteiger partial charge < -0.3 is 4.74 Å². The number of fused-ring (bicyclic) bond motifs is 1. The van der Waals surface area contributed by atoms with Crippen LogP contribution in [0.2, 0.25) is 0 Å². The maximum absolute atomic E-state index is 13.4. The molecule has 0 amide bonds. The van der Waals surface area contributed by atoms with Gasteiger partial charge in [0.2, 0.25) is 0 Å². The van der Waals surface area contributed by atoms with Crippen molar-refractivity contribution in [2.75, 3.05) is 22.7 Å². The second-order valence-electron chi connectivity index (χ2n) is 8.07. The fourth-order valence-corrected chi connectivity index (χ4v) is 6.85. The zero-order chi connectivity index (χ0) is 23.8. The van der Waals surface area contributed by atoms with Gasteiger partial charge in [0, 0.05) is 6.54 Å². The normalized spacial score (nSPS) is 14.0. The SMILES string of the molecule is COc1ccc(S(=O)(=O)N2CCCc3ccc(NS(=O)(=O)c4ccc(C)cc4C)cc32)cc1. The number of hydrogen-bond acceptors (Lipinski definition) is 5. The summed E-state index contributed by atoms with van der Waals surface area (Å²) >= 11 is 0. The van der Waals surface area contributed by atoms with Gasteiger partial charge in [0.1, 0.15) is 5.75 Å². The highest BCUT2D eigenvalue weighted by molar-refractivity contribution is 7.93. The number of sulfonamides is 2. The molecule has 1 aliphatic rings. The Labute approximate surface area is 195 Å². The lowest BCUT2D eigenvalue weighted by Gasteiger charge is -2.31. The van der Waals surface area contributed by atoms with Crippen molar-refractivity contribution in [1.29, 1.82) is 0 Å². The van der Waals surface area contributed by atoms with E-state index in [0.717, 1.165) is 11.1 Å². The Kier molecular flexibility index (Phi) is 6.11. The largest absolute Gasteiger partial charge is 0.497 e. The second kappa shape index (κ2) is 8.72. The van der Waals surface area contributed by atoms with Crippen molar-refractivity contribution in [2.45, 2.75) is 36.5 Å². The Bertz CT molecular complexity index is 1400. The third kappa shape index (κ3) is 4.56. The molecule has 4 rings (SSSR count). The number of nitrogens with one attached hydrogen (secondary N) is 1. The Morgan fingerprint density at radius 2 is 1.64 bits per heavy atom. The quantitative estimate of drug-likeness (QED) is 0.562. The van der Waals surface area contributed by atoms with Gasteiger partial charge in [0.25, 0.3) is 20.0 Å². The molecule has 3 aromatic rings. The van der Waals surface area contributed by atoms with E-state index in [1.54, 1.807) is 49.4 Å². The molecule has 0 saturated carbocycles. The van der Waals surface area contributed by atoms with Crippen LogP contribution in [-0.4, -0.2) is 30.5 Å². The smallest absolute Gasteiger partial charge is 0.264 e. The number of ether oxygens (including phenoxy) is 1. The van der Waals surface area contributed by atoms with Crippen LogP contribution in [0.1, 0.15) is 23.1 Å². The maximum Gasteiger partial charge on any atom is 0.264 e. The van der Waals surface area contributed by atoms with Gasteiger partial charge in [0.15, 0.2) is 0 Å². The molecule has 0 bridgehead atoms. The number of methoxy groups -OCH3 is 1. The number of nitrogens with zero attached hydrogens (tertiary/aromatic N) is 1. The van der Waals surface area contributed by atoms with Crippen molar-refractivity contribution in [2.24, 2.45) is 0 Å². The minimum atomic E-state index is -3.83. The average molecular weight is 487 g/mol. The molecule has 9 heteroatoms. The Morgan fingerprint density at radius 1 is 0.909 bits per heavy atom. The summed E-state index contributed by atoms with van der Waals surface area (Å²) in [6, 6.07) is 16.4. The molecular weight excluding hydrogens is 460 g/mol. The molecule has 33 heavy (non-hydrogen) atoms. The number of anilines is 2. The molecule has 1 aliphatic heterocycles. The van der Waals surface area contributed by atoms with Crippen molar-refractivity contribution in [3.63, 3.8) is 0 Å². The van der Waals surface area contributed by atoms with E-state index in [4.69, 9.17) is 4.74 Å². The van der Waals surface area contributed by atoms with E-state index < -0.39 is 20.0 Å². The van der Waals surface area contributed by atoms with Crippen LogP contribution in [0.3, 0.4) is 0 Å². The van der Waals surface area contributed by atoms with Gasteiger partial charge in [-0.1, -0.05) is 23.8 Å². The Hall–Kier alpha value is -3.04. The molecule has 0 saturated heterocycles. The number of aryl methyl sites for hydroxylation is 3. The fourth-order valence-electron chi connectivity index (χ4n) is 4.04. The lowest BCUT2D eigenvalue weighted by molar-refractivity contribution is 0.414. The monoisotopic (exact) mass is 486 g/mol. The molecular formula is C24H26N2O5S2. The Morgan fingerprint density at radius 3 is 2.30 bits per heavy atom. The number of hydrogen-bond donors (Lipinski definition) is 1. The highest BCUT2D eigenvalue weighted by Gasteiger charge is 2.30. The zero-order valence-electron chi connectivity index (χ0n) is 18.7. The van der Waals surface area contributed by atoms with Crippen LogP contribution >= 0.6 is 0 Å². The molecule has 3 aromatic carbocycles. The zero-order valence-corrected chi connectivity index (χ0v) is 20.3. The van der Waals surface area contributed by atoms with Crippen molar-refractivity contribution in [3.05, 3.63) is 77.4 Å². The van der Waals surface area contributed by atoms with Crippen LogP contribution in [0, 0.1) is 13.8 Å². The second-order valence-corrected chi connectivity index (χ2v) is 11.6. The molecule has 1 N–H and O–H groups in total. The summed E-state index contributed by atoms with van der Waals surface area (Å²) in [6.45, 7) is 3.96. The minimum absolute atomic E-state index is 0.150. The summed E-state index contributed by atoms with van der Waals surface area (Å²) < 4.78 is 61.9. The van der Waals surface area contributed by atoms with Gasteiger partial charge in [0.05, 0.1) is 28.3 Å². The van der Waals surface area contributed by atoms with E-state index in [2.05, 4.69) is 4.72 Å². The fraction of sp³-hybridized carbons (Fsp3) is 0.250. The van der Waals surface area contributed by atoms with E-state index >= 15 is 0 Å². The van der Waals surface area contributed by atoms with Crippen LogP contribution < -0.4 is 13.8 Å². The van der Waals surface area contributed by atoms with E-state index in [1.807, 2.05) is 13.0 Å². The lowest BCUT2D eigenvalue weighted by atomic mass is 10.0. The van der Waals surface area contributed by atoms with Crippen molar-refractivity contribution < 1.29 is 21.6 Å². The van der Waals surface area contributed by atoms with E-state index in [9.17, 15) is 16.8 Å². The van der Waals surface area contributed by atoms with Crippen LogP contribution in [0.15, 0.2) is 70.5 Å². The molecule has 0 aromatic heterocycles.